The minimum atomic E-state index is -0.479. The number of hydrogen-bond acceptors (Lipinski definition) is 4. The van der Waals surface area contributed by atoms with Crippen molar-refractivity contribution in [2.45, 2.75) is 51.7 Å². The van der Waals surface area contributed by atoms with Crippen LogP contribution in [0.3, 0.4) is 0 Å². The predicted octanol–water partition coefficient (Wildman–Crippen LogP) is 2.21. The summed E-state index contributed by atoms with van der Waals surface area (Å²) in [6.07, 6.45) is 2.69. The number of pyridine rings is 1. The van der Waals surface area contributed by atoms with Gasteiger partial charge in [0, 0.05) is 37.9 Å². The van der Waals surface area contributed by atoms with Crippen LogP contribution in [-0.4, -0.2) is 41.7 Å². The number of aryl methyl sites for hydroxylation is 1. The standard InChI is InChI=1S/C17H27N3O3/c1-17(2,3)23-16(22)20(4)11-10-18-13-6-5-7-14-12(13)8-9-15(21)19-14/h8-9,13,18H,5-7,10-11H2,1-4H3,(H,19,21). The average molecular weight is 321 g/mol. The monoisotopic (exact) mass is 321 g/mol. The SMILES string of the molecule is CN(CCNC1CCCc2[nH]c(=O)ccc21)C(=O)OC(C)(C)C. The first-order valence-corrected chi connectivity index (χ1v) is 8.16. The summed E-state index contributed by atoms with van der Waals surface area (Å²) in [5.74, 6) is 0. The Hall–Kier alpha value is -1.82. The molecule has 1 unspecified atom stereocenters. The molecule has 128 valence electrons. The molecule has 0 aromatic carbocycles. The molecule has 1 aromatic rings. The summed E-state index contributed by atoms with van der Waals surface area (Å²) in [4.78, 5) is 27.8. The second kappa shape index (κ2) is 7.17. The Balaban J connectivity index is 1.86. The predicted molar refractivity (Wildman–Crippen MR) is 89.6 cm³/mol. The number of rotatable bonds is 4. The van der Waals surface area contributed by atoms with Crippen LogP contribution in [-0.2, 0) is 11.2 Å². The molecule has 0 saturated carbocycles. The number of likely N-dealkylation sites (N-methyl/N-ethyl adjacent to an activating group) is 1. The second-order valence-corrected chi connectivity index (χ2v) is 7.06. The van der Waals surface area contributed by atoms with Gasteiger partial charge < -0.3 is 19.9 Å². The highest BCUT2D eigenvalue weighted by Crippen LogP contribution is 2.27. The molecule has 1 atom stereocenters. The summed E-state index contributed by atoms with van der Waals surface area (Å²) < 4.78 is 5.33. The lowest BCUT2D eigenvalue weighted by Gasteiger charge is -2.28. The summed E-state index contributed by atoms with van der Waals surface area (Å²) in [6, 6.07) is 3.71. The number of hydrogen-bond donors (Lipinski definition) is 2. The molecule has 6 nitrogen and oxygen atoms in total. The van der Waals surface area contributed by atoms with Crippen molar-refractivity contribution in [2.24, 2.45) is 0 Å². The van der Waals surface area contributed by atoms with Gasteiger partial charge in [-0.3, -0.25) is 4.79 Å². The maximum absolute atomic E-state index is 11.9. The van der Waals surface area contributed by atoms with Gasteiger partial charge in [0.1, 0.15) is 5.60 Å². The minimum Gasteiger partial charge on any atom is -0.444 e. The molecule has 6 heteroatoms. The third-order valence-corrected chi connectivity index (χ3v) is 3.87. The van der Waals surface area contributed by atoms with Crippen LogP contribution in [0.1, 0.15) is 50.9 Å². The lowest BCUT2D eigenvalue weighted by Crippen LogP contribution is -2.39. The second-order valence-electron chi connectivity index (χ2n) is 7.06. The van der Waals surface area contributed by atoms with Crippen molar-refractivity contribution < 1.29 is 9.53 Å². The first kappa shape index (κ1) is 17.5. The highest BCUT2D eigenvalue weighted by atomic mass is 16.6. The number of nitrogens with zero attached hydrogens (tertiary/aromatic N) is 1. The number of amides is 1. The molecule has 0 aliphatic heterocycles. The zero-order chi connectivity index (χ0) is 17.0. The lowest BCUT2D eigenvalue weighted by molar-refractivity contribution is 0.0299. The number of carbonyl (C=O) groups excluding carboxylic acids is 1. The molecule has 1 amide bonds. The Morgan fingerprint density at radius 3 is 2.87 bits per heavy atom. The van der Waals surface area contributed by atoms with Crippen LogP contribution in [0, 0.1) is 0 Å². The summed E-state index contributed by atoms with van der Waals surface area (Å²) in [6.45, 7) is 6.83. The highest BCUT2D eigenvalue weighted by Gasteiger charge is 2.22. The fraction of sp³-hybridized carbons (Fsp3) is 0.647. The van der Waals surface area contributed by atoms with Crippen molar-refractivity contribution in [3.8, 4) is 0 Å². The van der Waals surface area contributed by atoms with Crippen molar-refractivity contribution >= 4 is 6.09 Å². The Kier molecular flexibility index (Phi) is 5.46. The number of nitrogens with one attached hydrogen (secondary N) is 2. The van der Waals surface area contributed by atoms with Crippen molar-refractivity contribution in [2.75, 3.05) is 20.1 Å². The zero-order valence-electron chi connectivity index (χ0n) is 14.4. The highest BCUT2D eigenvalue weighted by molar-refractivity contribution is 5.67. The van der Waals surface area contributed by atoms with E-state index in [1.165, 1.54) is 0 Å². The van der Waals surface area contributed by atoms with Gasteiger partial charge in [-0.05, 0) is 45.6 Å². The van der Waals surface area contributed by atoms with Gasteiger partial charge in [0.25, 0.3) is 0 Å². The molecule has 1 aromatic heterocycles. The largest absolute Gasteiger partial charge is 0.444 e. The number of aromatic amines is 1. The minimum absolute atomic E-state index is 0.0472. The molecule has 0 bridgehead atoms. The first-order valence-electron chi connectivity index (χ1n) is 8.16. The van der Waals surface area contributed by atoms with Gasteiger partial charge in [0.05, 0.1) is 0 Å². The molecule has 1 aliphatic rings. The van der Waals surface area contributed by atoms with Crippen LogP contribution in [0.5, 0.6) is 0 Å². The summed E-state index contributed by atoms with van der Waals surface area (Å²) in [5.41, 5.74) is 1.67. The molecule has 0 saturated heterocycles. The third kappa shape index (κ3) is 5.10. The van der Waals surface area contributed by atoms with Gasteiger partial charge in [-0.15, -0.1) is 0 Å². The molecule has 23 heavy (non-hydrogen) atoms. The molecule has 0 spiro atoms. The smallest absolute Gasteiger partial charge is 0.410 e. The summed E-state index contributed by atoms with van der Waals surface area (Å²) in [7, 11) is 1.74. The van der Waals surface area contributed by atoms with E-state index in [0.29, 0.717) is 13.1 Å². The van der Waals surface area contributed by atoms with Gasteiger partial charge in [0.15, 0.2) is 0 Å². The molecule has 1 aliphatic carbocycles. The van der Waals surface area contributed by atoms with Crippen molar-refractivity contribution in [3.63, 3.8) is 0 Å². The van der Waals surface area contributed by atoms with Gasteiger partial charge >= 0.3 is 6.09 Å². The molecular weight excluding hydrogens is 294 g/mol. The van der Waals surface area contributed by atoms with E-state index in [9.17, 15) is 9.59 Å². The van der Waals surface area contributed by atoms with Gasteiger partial charge in [-0.2, -0.15) is 0 Å². The lowest BCUT2D eigenvalue weighted by atomic mass is 9.91. The average Bonchev–Trinajstić information content (AvgIpc) is 2.45. The number of H-pyrrole nitrogens is 1. The van der Waals surface area contributed by atoms with Crippen molar-refractivity contribution in [1.29, 1.82) is 0 Å². The van der Waals surface area contributed by atoms with Gasteiger partial charge in [-0.1, -0.05) is 6.07 Å². The molecule has 2 N–H and O–H groups in total. The third-order valence-electron chi connectivity index (χ3n) is 3.87. The molecule has 0 radical (unpaired) electrons. The van der Waals surface area contributed by atoms with Crippen LogP contribution in [0.2, 0.25) is 0 Å². The van der Waals surface area contributed by atoms with E-state index in [-0.39, 0.29) is 17.7 Å². The summed E-state index contributed by atoms with van der Waals surface area (Å²) in [5, 5.41) is 3.47. The maximum Gasteiger partial charge on any atom is 0.410 e. The van der Waals surface area contributed by atoms with Crippen LogP contribution in [0.4, 0.5) is 4.79 Å². The topological polar surface area (TPSA) is 74.4 Å². The van der Waals surface area contributed by atoms with Crippen molar-refractivity contribution in [3.05, 3.63) is 33.7 Å². The quantitative estimate of drug-likeness (QED) is 0.891. The van der Waals surface area contributed by atoms with E-state index in [4.69, 9.17) is 4.74 Å². The molecule has 2 rings (SSSR count). The van der Waals surface area contributed by atoms with E-state index >= 15 is 0 Å². The fourth-order valence-electron chi connectivity index (χ4n) is 2.75. The van der Waals surface area contributed by atoms with Crippen molar-refractivity contribution in [1.82, 2.24) is 15.2 Å². The Morgan fingerprint density at radius 2 is 2.17 bits per heavy atom. The Labute approximate surface area is 137 Å². The summed E-state index contributed by atoms with van der Waals surface area (Å²) >= 11 is 0. The van der Waals surface area contributed by atoms with E-state index in [0.717, 1.165) is 30.5 Å². The zero-order valence-corrected chi connectivity index (χ0v) is 14.4. The molecular formula is C17H27N3O3. The van der Waals surface area contributed by atoms with Crippen LogP contribution in [0.25, 0.3) is 0 Å². The van der Waals surface area contributed by atoms with Crippen LogP contribution >= 0.6 is 0 Å². The fourth-order valence-corrected chi connectivity index (χ4v) is 2.75. The maximum atomic E-state index is 11.9. The van der Waals surface area contributed by atoms with E-state index in [1.807, 2.05) is 26.8 Å². The number of aromatic nitrogens is 1. The van der Waals surface area contributed by atoms with E-state index < -0.39 is 5.60 Å². The first-order chi connectivity index (χ1) is 10.8. The number of ether oxygens (including phenoxy) is 1. The Morgan fingerprint density at radius 1 is 1.43 bits per heavy atom. The number of fused-ring (bicyclic) bond motifs is 1. The molecule has 1 heterocycles. The molecule has 0 fully saturated rings. The van der Waals surface area contributed by atoms with E-state index in [1.54, 1.807) is 18.0 Å². The van der Waals surface area contributed by atoms with Gasteiger partial charge in [-0.25, -0.2) is 4.79 Å². The van der Waals surface area contributed by atoms with E-state index in [2.05, 4.69) is 10.3 Å². The van der Waals surface area contributed by atoms with Gasteiger partial charge in [0.2, 0.25) is 5.56 Å². The van der Waals surface area contributed by atoms with Crippen LogP contribution in [0.15, 0.2) is 16.9 Å². The Bertz CT molecular complexity index is 604. The number of carbonyl (C=O) groups is 1. The van der Waals surface area contributed by atoms with Crippen LogP contribution < -0.4 is 10.9 Å². The normalized spacial score (nSPS) is 17.5.